The summed E-state index contributed by atoms with van der Waals surface area (Å²) in [6.07, 6.45) is 2.39. The molecular weight excluding hydrogens is 202 g/mol. The SMILES string of the molecule is CC(CCO)CNc1ccnc(Cl)n1. The van der Waals surface area contributed by atoms with Gasteiger partial charge in [-0.3, -0.25) is 0 Å². The fourth-order valence-electron chi connectivity index (χ4n) is 1.03. The summed E-state index contributed by atoms with van der Waals surface area (Å²) in [5, 5.41) is 12.1. The fourth-order valence-corrected chi connectivity index (χ4v) is 1.18. The molecule has 0 saturated carbocycles. The van der Waals surface area contributed by atoms with Crippen molar-refractivity contribution in [2.75, 3.05) is 18.5 Å². The van der Waals surface area contributed by atoms with E-state index < -0.39 is 0 Å². The summed E-state index contributed by atoms with van der Waals surface area (Å²) in [6.45, 7) is 3.05. The van der Waals surface area contributed by atoms with Crippen molar-refractivity contribution in [1.29, 1.82) is 0 Å². The van der Waals surface area contributed by atoms with Crippen LogP contribution in [0.25, 0.3) is 0 Å². The topological polar surface area (TPSA) is 58.0 Å². The third-order valence-corrected chi connectivity index (χ3v) is 2.06. The fraction of sp³-hybridized carbons (Fsp3) is 0.556. The first-order valence-corrected chi connectivity index (χ1v) is 4.93. The zero-order valence-corrected chi connectivity index (χ0v) is 8.83. The molecule has 0 aliphatic carbocycles. The molecule has 1 aromatic rings. The van der Waals surface area contributed by atoms with Crippen LogP contribution in [-0.4, -0.2) is 28.2 Å². The number of nitrogens with zero attached hydrogens (tertiary/aromatic N) is 2. The van der Waals surface area contributed by atoms with Gasteiger partial charge < -0.3 is 10.4 Å². The normalized spacial score (nSPS) is 12.5. The highest BCUT2D eigenvalue weighted by Gasteiger charge is 2.01. The van der Waals surface area contributed by atoms with E-state index in [0.717, 1.165) is 18.8 Å². The monoisotopic (exact) mass is 215 g/mol. The van der Waals surface area contributed by atoms with Crippen LogP contribution in [0.4, 0.5) is 5.82 Å². The number of aromatic nitrogens is 2. The first kappa shape index (κ1) is 11.2. The Morgan fingerprint density at radius 2 is 2.43 bits per heavy atom. The predicted octanol–water partition coefficient (Wildman–Crippen LogP) is 1.56. The first-order chi connectivity index (χ1) is 6.72. The molecule has 0 spiro atoms. The standard InChI is InChI=1S/C9H14ClN3O/c1-7(3-5-14)6-12-8-2-4-11-9(10)13-8/h2,4,7,14H,3,5-6H2,1H3,(H,11,12,13). The van der Waals surface area contributed by atoms with Gasteiger partial charge in [0.05, 0.1) is 0 Å². The number of hydrogen-bond acceptors (Lipinski definition) is 4. The van der Waals surface area contributed by atoms with E-state index in [1.807, 2.05) is 0 Å². The molecule has 0 amide bonds. The summed E-state index contributed by atoms with van der Waals surface area (Å²) in [6, 6.07) is 1.76. The van der Waals surface area contributed by atoms with E-state index in [1.165, 1.54) is 0 Å². The largest absolute Gasteiger partial charge is 0.396 e. The van der Waals surface area contributed by atoms with Crippen LogP contribution in [0.3, 0.4) is 0 Å². The van der Waals surface area contributed by atoms with Crippen LogP contribution in [0.2, 0.25) is 5.28 Å². The third-order valence-electron chi connectivity index (χ3n) is 1.88. The molecule has 1 unspecified atom stereocenters. The summed E-state index contributed by atoms with van der Waals surface area (Å²) < 4.78 is 0. The van der Waals surface area contributed by atoms with E-state index >= 15 is 0 Å². The number of anilines is 1. The maximum atomic E-state index is 8.70. The van der Waals surface area contributed by atoms with Gasteiger partial charge in [0.25, 0.3) is 0 Å². The zero-order chi connectivity index (χ0) is 10.4. The van der Waals surface area contributed by atoms with E-state index in [4.69, 9.17) is 16.7 Å². The quantitative estimate of drug-likeness (QED) is 0.732. The lowest BCUT2D eigenvalue weighted by Crippen LogP contribution is -2.13. The van der Waals surface area contributed by atoms with Crippen LogP contribution in [-0.2, 0) is 0 Å². The highest BCUT2D eigenvalue weighted by molar-refractivity contribution is 6.28. The molecule has 1 rings (SSSR count). The van der Waals surface area contributed by atoms with Crippen molar-refractivity contribution in [2.45, 2.75) is 13.3 Å². The number of rotatable bonds is 5. The molecule has 5 heteroatoms. The molecule has 1 heterocycles. The van der Waals surface area contributed by atoms with Gasteiger partial charge in [0, 0.05) is 19.3 Å². The van der Waals surface area contributed by atoms with Gasteiger partial charge in [0.2, 0.25) is 5.28 Å². The van der Waals surface area contributed by atoms with Gasteiger partial charge in [-0.15, -0.1) is 0 Å². The van der Waals surface area contributed by atoms with Crippen LogP contribution in [0, 0.1) is 5.92 Å². The van der Waals surface area contributed by atoms with Crippen LogP contribution in [0.5, 0.6) is 0 Å². The minimum absolute atomic E-state index is 0.216. The van der Waals surface area contributed by atoms with Crippen molar-refractivity contribution >= 4 is 17.4 Å². The van der Waals surface area contributed by atoms with Crippen LogP contribution >= 0.6 is 11.6 Å². The van der Waals surface area contributed by atoms with Gasteiger partial charge in [-0.05, 0) is 30.0 Å². The summed E-state index contributed by atoms with van der Waals surface area (Å²) in [4.78, 5) is 7.76. The summed E-state index contributed by atoms with van der Waals surface area (Å²) in [5.41, 5.74) is 0. The Bertz CT molecular complexity index is 283. The Balaban J connectivity index is 2.37. The molecule has 0 radical (unpaired) electrons. The van der Waals surface area contributed by atoms with E-state index in [0.29, 0.717) is 5.92 Å². The second-order valence-electron chi connectivity index (χ2n) is 3.21. The Hall–Kier alpha value is -0.870. The summed E-state index contributed by atoms with van der Waals surface area (Å²) in [5.74, 6) is 1.13. The first-order valence-electron chi connectivity index (χ1n) is 4.55. The molecule has 0 aromatic carbocycles. The molecular formula is C9H14ClN3O. The van der Waals surface area contributed by atoms with E-state index in [2.05, 4.69) is 22.2 Å². The highest BCUT2D eigenvalue weighted by atomic mass is 35.5. The van der Waals surface area contributed by atoms with E-state index in [9.17, 15) is 0 Å². The van der Waals surface area contributed by atoms with Crippen molar-refractivity contribution in [3.63, 3.8) is 0 Å². The molecule has 1 aromatic heterocycles. The molecule has 0 saturated heterocycles. The molecule has 4 nitrogen and oxygen atoms in total. The second-order valence-corrected chi connectivity index (χ2v) is 3.55. The number of aliphatic hydroxyl groups is 1. The molecule has 78 valence electrons. The minimum atomic E-state index is 0.216. The lowest BCUT2D eigenvalue weighted by molar-refractivity contribution is 0.266. The molecule has 0 aliphatic rings. The van der Waals surface area contributed by atoms with E-state index in [1.54, 1.807) is 12.3 Å². The van der Waals surface area contributed by atoms with Gasteiger partial charge in [0.1, 0.15) is 5.82 Å². The second kappa shape index (κ2) is 5.78. The van der Waals surface area contributed by atoms with Crippen LogP contribution < -0.4 is 5.32 Å². The summed E-state index contributed by atoms with van der Waals surface area (Å²) >= 11 is 5.62. The maximum Gasteiger partial charge on any atom is 0.224 e. The van der Waals surface area contributed by atoms with Gasteiger partial charge >= 0.3 is 0 Å². The molecule has 0 bridgehead atoms. The lowest BCUT2D eigenvalue weighted by Gasteiger charge is -2.11. The van der Waals surface area contributed by atoms with Gasteiger partial charge in [-0.2, -0.15) is 0 Å². The van der Waals surface area contributed by atoms with Crippen molar-refractivity contribution in [1.82, 2.24) is 9.97 Å². The average molecular weight is 216 g/mol. The van der Waals surface area contributed by atoms with Crippen molar-refractivity contribution < 1.29 is 5.11 Å². The Morgan fingerprint density at radius 1 is 1.64 bits per heavy atom. The lowest BCUT2D eigenvalue weighted by atomic mass is 10.1. The molecule has 1 atom stereocenters. The van der Waals surface area contributed by atoms with Crippen LogP contribution in [0.15, 0.2) is 12.3 Å². The number of nitrogens with one attached hydrogen (secondary N) is 1. The summed E-state index contributed by atoms with van der Waals surface area (Å²) in [7, 11) is 0. The van der Waals surface area contributed by atoms with Gasteiger partial charge in [-0.1, -0.05) is 6.92 Å². The minimum Gasteiger partial charge on any atom is -0.396 e. The smallest absolute Gasteiger partial charge is 0.224 e. The average Bonchev–Trinajstić information content (AvgIpc) is 2.15. The molecule has 0 fully saturated rings. The van der Waals surface area contributed by atoms with Crippen LogP contribution in [0.1, 0.15) is 13.3 Å². The highest BCUT2D eigenvalue weighted by Crippen LogP contribution is 2.07. The van der Waals surface area contributed by atoms with Gasteiger partial charge in [0.15, 0.2) is 0 Å². The predicted molar refractivity (Wildman–Crippen MR) is 56.4 cm³/mol. The van der Waals surface area contributed by atoms with Gasteiger partial charge in [-0.25, -0.2) is 9.97 Å². The molecule has 2 N–H and O–H groups in total. The Kier molecular flexibility index (Phi) is 4.62. The molecule has 0 aliphatic heterocycles. The Morgan fingerprint density at radius 3 is 3.07 bits per heavy atom. The number of hydrogen-bond donors (Lipinski definition) is 2. The molecule has 14 heavy (non-hydrogen) atoms. The maximum absolute atomic E-state index is 8.70. The Labute approximate surface area is 88.3 Å². The van der Waals surface area contributed by atoms with Crippen molar-refractivity contribution in [3.05, 3.63) is 17.5 Å². The number of halogens is 1. The zero-order valence-electron chi connectivity index (χ0n) is 8.07. The number of aliphatic hydroxyl groups excluding tert-OH is 1. The third kappa shape index (κ3) is 3.89. The van der Waals surface area contributed by atoms with Crippen molar-refractivity contribution in [2.24, 2.45) is 5.92 Å². The van der Waals surface area contributed by atoms with Crippen molar-refractivity contribution in [3.8, 4) is 0 Å². The van der Waals surface area contributed by atoms with E-state index in [-0.39, 0.29) is 11.9 Å².